The number of methoxy groups -OCH3 is 1. The van der Waals surface area contributed by atoms with Crippen LogP contribution in [-0.2, 0) is 16.9 Å². The second-order valence-electron chi connectivity index (χ2n) is 7.86. The standard InChI is InChI=1S/C25H21N3O4/c1-25(19-10-8-18-13-20(31-2)11-9-17(18)12-19)23(29)28(24(30)27-25)15-22-26-14-21(32-22)16-6-4-3-5-7-16/h3-14H,15H2,1-2H3,(H,27,30)/t25-/m0/s1. The number of rotatable bonds is 5. The lowest BCUT2D eigenvalue weighted by Crippen LogP contribution is -2.40. The van der Waals surface area contributed by atoms with Crippen LogP contribution in [0.25, 0.3) is 22.1 Å². The number of imide groups is 1. The van der Waals surface area contributed by atoms with Gasteiger partial charge in [-0.2, -0.15) is 0 Å². The molecule has 32 heavy (non-hydrogen) atoms. The number of urea groups is 1. The summed E-state index contributed by atoms with van der Waals surface area (Å²) in [6.07, 6.45) is 1.60. The molecule has 0 radical (unpaired) electrons. The molecule has 3 aromatic carbocycles. The summed E-state index contributed by atoms with van der Waals surface area (Å²) in [5.74, 6) is 1.28. The lowest BCUT2D eigenvalue weighted by Gasteiger charge is -2.22. The minimum atomic E-state index is -1.18. The maximum absolute atomic E-state index is 13.3. The van der Waals surface area contributed by atoms with Crippen molar-refractivity contribution in [1.29, 1.82) is 0 Å². The van der Waals surface area contributed by atoms with Crippen LogP contribution in [-0.4, -0.2) is 28.9 Å². The van der Waals surface area contributed by atoms with Crippen molar-refractivity contribution in [3.8, 4) is 17.1 Å². The van der Waals surface area contributed by atoms with E-state index in [-0.39, 0.29) is 12.5 Å². The SMILES string of the molecule is COc1ccc2cc([C@]3(C)NC(=O)N(Cc4ncc(-c5ccccc5)o4)C3=O)ccc2c1. The zero-order valence-electron chi connectivity index (χ0n) is 17.7. The molecule has 1 aromatic heterocycles. The molecule has 0 bridgehead atoms. The zero-order valence-corrected chi connectivity index (χ0v) is 17.7. The second-order valence-corrected chi connectivity index (χ2v) is 7.86. The largest absolute Gasteiger partial charge is 0.497 e. The van der Waals surface area contributed by atoms with Crippen LogP contribution in [0.2, 0.25) is 0 Å². The van der Waals surface area contributed by atoms with Crippen LogP contribution in [0, 0.1) is 0 Å². The minimum Gasteiger partial charge on any atom is -0.497 e. The van der Waals surface area contributed by atoms with Gasteiger partial charge in [0.25, 0.3) is 5.91 Å². The lowest BCUT2D eigenvalue weighted by molar-refractivity contribution is -0.131. The average molecular weight is 427 g/mol. The highest BCUT2D eigenvalue weighted by Gasteiger charge is 2.49. The number of nitrogens with one attached hydrogen (secondary N) is 1. The maximum Gasteiger partial charge on any atom is 0.325 e. The molecule has 0 unspecified atom stereocenters. The van der Waals surface area contributed by atoms with Gasteiger partial charge in [-0.3, -0.25) is 9.69 Å². The van der Waals surface area contributed by atoms with Gasteiger partial charge in [-0.1, -0.05) is 48.5 Å². The van der Waals surface area contributed by atoms with Crippen LogP contribution in [0.5, 0.6) is 5.75 Å². The van der Waals surface area contributed by atoms with Crippen LogP contribution < -0.4 is 10.1 Å². The Bertz CT molecular complexity index is 1330. The highest BCUT2D eigenvalue weighted by atomic mass is 16.5. The number of fused-ring (bicyclic) bond motifs is 1. The maximum atomic E-state index is 13.3. The smallest absolute Gasteiger partial charge is 0.325 e. The van der Waals surface area contributed by atoms with Crippen molar-refractivity contribution >= 4 is 22.7 Å². The van der Waals surface area contributed by atoms with Crippen molar-refractivity contribution < 1.29 is 18.7 Å². The fraction of sp³-hybridized carbons (Fsp3) is 0.160. The Morgan fingerprint density at radius 2 is 1.78 bits per heavy atom. The Labute approximate surface area is 184 Å². The van der Waals surface area contributed by atoms with Gasteiger partial charge in [-0.25, -0.2) is 9.78 Å². The summed E-state index contributed by atoms with van der Waals surface area (Å²) < 4.78 is 11.1. The predicted octanol–water partition coefficient (Wildman–Crippen LogP) is 4.47. The van der Waals surface area contributed by atoms with E-state index in [2.05, 4.69) is 10.3 Å². The van der Waals surface area contributed by atoms with E-state index in [0.29, 0.717) is 17.2 Å². The van der Waals surface area contributed by atoms with E-state index in [1.165, 1.54) is 0 Å². The third kappa shape index (κ3) is 3.28. The van der Waals surface area contributed by atoms with Crippen LogP contribution in [0.3, 0.4) is 0 Å². The molecular weight excluding hydrogens is 406 g/mol. The first-order valence-corrected chi connectivity index (χ1v) is 10.2. The fourth-order valence-corrected chi connectivity index (χ4v) is 3.95. The van der Waals surface area contributed by atoms with E-state index in [4.69, 9.17) is 9.15 Å². The number of benzene rings is 3. The number of carbonyl (C=O) groups is 2. The van der Waals surface area contributed by atoms with Gasteiger partial charge in [-0.15, -0.1) is 0 Å². The molecule has 0 aliphatic carbocycles. The number of oxazole rings is 1. The summed E-state index contributed by atoms with van der Waals surface area (Å²) in [6.45, 7) is 1.67. The van der Waals surface area contributed by atoms with Crippen molar-refractivity contribution in [2.24, 2.45) is 0 Å². The van der Waals surface area contributed by atoms with E-state index in [9.17, 15) is 9.59 Å². The Morgan fingerprint density at radius 1 is 1.03 bits per heavy atom. The average Bonchev–Trinajstić information content (AvgIpc) is 3.38. The van der Waals surface area contributed by atoms with E-state index in [1.54, 1.807) is 20.2 Å². The molecule has 7 nitrogen and oxygen atoms in total. The predicted molar refractivity (Wildman–Crippen MR) is 119 cm³/mol. The molecular formula is C25H21N3O4. The number of amides is 3. The van der Waals surface area contributed by atoms with Gasteiger partial charge in [0.1, 0.15) is 17.8 Å². The van der Waals surface area contributed by atoms with E-state index < -0.39 is 11.6 Å². The van der Waals surface area contributed by atoms with Crippen molar-refractivity contribution in [2.75, 3.05) is 7.11 Å². The highest BCUT2D eigenvalue weighted by Crippen LogP contribution is 2.33. The van der Waals surface area contributed by atoms with E-state index in [0.717, 1.165) is 27.0 Å². The quantitative estimate of drug-likeness (QED) is 0.475. The molecule has 1 N–H and O–H groups in total. The first-order chi connectivity index (χ1) is 15.5. The molecule has 5 rings (SSSR count). The molecule has 1 atom stereocenters. The van der Waals surface area contributed by atoms with Gasteiger partial charge in [0.15, 0.2) is 5.76 Å². The molecule has 4 aromatic rings. The van der Waals surface area contributed by atoms with E-state index >= 15 is 0 Å². The number of hydrogen-bond donors (Lipinski definition) is 1. The highest BCUT2D eigenvalue weighted by molar-refractivity contribution is 6.07. The topological polar surface area (TPSA) is 84.7 Å². The monoisotopic (exact) mass is 427 g/mol. The normalized spacial score (nSPS) is 18.2. The summed E-state index contributed by atoms with van der Waals surface area (Å²) >= 11 is 0. The van der Waals surface area contributed by atoms with Crippen LogP contribution in [0.4, 0.5) is 4.79 Å². The summed E-state index contributed by atoms with van der Waals surface area (Å²) in [5, 5.41) is 4.77. The van der Waals surface area contributed by atoms with Crippen molar-refractivity contribution in [1.82, 2.24) is 15.2 Å². The van der Waals surface area contributed by atoms with Gasteiger partial charge in [0, 0.05) is 5.56 Å². The van der Waals surface area contributed by atoms with Gasteiger partial charge in [0.2, 0.25) is 5.89 Å². The molecule has 1 aliphatic heterocycles. The first kappa shape index (κ1) is 19.8. The molecule has 1 aliphatic rings. The van der Waals surface area contributed by atoms with Crippen molar-refractivity contribution in [2.45, 2.75) is 19.0 Å². The number of aromatic nitrogens is 1. The summed E-state index contributed by atoms with van der Waals surface area (Å²) in [5.41, 5.74) is 0.398. The summed E-state index contributed by atoms with van der Waals surface area (Å²) in [7, 11) is 1.62. The first-order valence-electron chi connectivity index (χ1n) is 10.2. The molecule has 2 heterocycles. The Hall–Kier alpha value is -4.13. The molecule has 7 heteroatoms. The lowest BCUT2D eigenvalue weighted by atomic mass is 9.90. The number of carbonyl (C=O) groups excluding carboxylic acids is 2. The van der Waals surface area contributed by atoms with Crippen molar-refractivity contribution in [3.63, 3.8) is 0 Å². The van der Waals surface area contributed by atoms with Gasteiger partial charge in [0.05, 0.1) is 13.3 Å². The van der Waals surface area contributed by atoms with Crippen LogP contribution >= 0.6 is 0 Å². The molecule has 1 saturated heterocycles. The van der Waals surface area contributed by atoms with Gasteiger partial charge in [-0.05, 0) is 41.5 Å². The van der Waals surface area contributed by atoms with E-state index in [1.807, 2.05) is 66.7 Å². The number of nitrogens with zero attached hydrogens (tertiary/aromatic N) is 2. The molecule has 0 saturated carbocycles. The van der Waals surface area contributed by atoms with Crippen molar-refractivity contribution in [3.05, 3.63) is 84.4 Å². The number of ether oxygens (including phenoxy) is 1. The second kappa shape index (κ2) is 7.53. The minimum absolute atomic E-state index is 0.0438. The third-order valence-corrected chi connectivity index (χ3v) is 5.80. The molecule has 160 valence electrons. The summed E-state index contributed by atoms with van der Waals surface area (Å²) in [4.78, 5) is 31.4. The molecule has 1 fully saturated rings. The van der Waals surface area contributed by atoms with Crippen LogP contribution in [0.1, 0.15) is 18.4 Å². The molecule has 0 spiro atoms. The number of hydrogen-bond acceptors (Lipinski definition) is 5. The fourth-order valence-electron chi connectivity index (χ4n) is 3.95. The Morgan fingerprint density at radius 3 is 2.56 bits per heavy atom. The summed E-state index contributed by atoms with van der Waals surface area (Å²) in [6, 6.07) is 20.5. The zero-order chi connectivity index (χ0) is 22.3. The van der Waals surface area contributed by atoms with Gasteiger partial charge < -0.3 is 14.5 Å². The van der Waals surface area contributed by atoms with Gasteiger partial charge >= 0.3 is 6.03 Å². The Balaban J connectivity index is 1.41. The Kier molecular flexibility index (Phi) is 4.66. The molecule has 3 amide bonds. The van der Waals surface area contributed by atoms with Crippen LogP contribution in [0.15, 0.2) is 77.3 Å². The third-order valence-electron chi connectivity index (χ3n) is 5.80.